The minimum Gasteiger partial charge on any atom is -0.453 e. The molecule has 0 saturated heterocycles. The van der Waals surface area contributed by atoms with Gasteiger partial charge in [0.2, 0.25) is 0 Å². The van der Waals surface area contributed by atoms with Crippen molar-refractivity contribution in [3.05, 3.63) is 12.2 Å². The molecule has 0 aromatic heterocycles. The van der Waals surface area contributed by atoms with Crippen LogP contribution in [0.2, 0.25) is 0 Å². The Morgan fingerprint density at radius 2 is 2.00 bits per heavy atom. The molecule has 17 heavy (non-hydrogen) atoms. The van der Waals surface area contributed by atoms with Gasteiger partial charge in [0, 0.05) is 6.04 Å². The molecule has 0 saturated carbocycles. The summed E-state index contributed by atoms with van der Waals surface area (Å²) in [5, 5.41) is 3.21. The van der Waals surface area contributed by atoms with Gasteiger partial charge in [0.1, 0.15) is 0 Å². The first-order valence-electron chi connectivity index (χ1n) is 6.03. The van der Waals surface area contributed by atoms with Gasteiger partial charge >= 0.3 is 6.09 Å². The van der Waals surface area contributed by atoms with Crippen molar-refractivity contribution in [2.45, 2.75) is 51.2 Å². The van der Waals surface area contributed by atoms with E-state index in [1.165, 1.54) is 7.11 Å². The molecular weight excluding hydrogens is 216 g/mol. The monoisotopic (exact) mass is 240 g/mol. The van der Waals surface area contributed by atoms with E-state index >= 15 is 0 Å². The van der Waals surface area contributed by atoms with E-state index in [1.807, 2.05) is 25.8 Å². The summed E-state index contributed by atoms with van der Waals surface area (Å²) in [4.78, 5) is 13.8. The van der Waals surface area contributed by atoms with Gasteiger partial charge in [0.05, 0.1) is 18.2 Å². The normalized spacial score (nSPS) is 28.2. The van der Waals surface area contributed by atoms with Gasteiger partial charge < -0.3 is 10.1 Å². The van der Waals surface area contributed by atoms with Crippen LogP contribution in [0, 0.1) is 0 Å². The molecule has 1 N–H and O–H groups in total. The molecule has 4 nitrogen and oxygen atoms in total. The number of amides is 1. The van der Waals surface area contributed by atoms with Crippen LogP contribution in [-0.2, 0) is 4.74 Å². The molecule has 2 atom stereocenters. The Morgan fingerprint density at radius 3 is 2.47 bits per heavy atom. The van der Waals surface area contributed by atoms with Crippen LogP contribution in [0.4, 0.5) is 4.79 Å². The Morgan fingerprint density at radius 1 is 1.41 bits per heavy atom. The second-order valence-corrected chi connectivity index (χ2v) is 5.54. The molecule has 0 radical (unpaired) electrons. The van der Waals surface area contributed by atoms with Crippen LogP contribution in [0.3, 0.4) is 0 Å². The number of nitrogens with one attached hydrogen (secondary N) is 1. The van der Waals surface area contributed by atoms with Crippen LogP contribution in [-0.4, -0.2) is 42.3 Å². The summed E-state index contributed by atoms with van der Waals surface area (Å²) in [6, 6.07) is 0.339. The van der Waals surface area contributed by atoms with Crippen molar-refractivity contribution in [2.24, 2.45) is 0 Å². The highest BCUT2D eigenvalue weighted by Gasteiger charge is 2.47. The van der Waals surface area contributed by atoms with E-state index in [-0.39, 0.29) is 17.2 Å². The Bertz CT molecular complexity index is 325. The lowest BCUT2D eigenvalue weighted by Crippen LogP contribution is -2.55. The zero-order valence-corrected chi connectivity index (χ0v) is 11.7. The third kappa shape index (κ3) is 2.63. The van der Waals surface area contributed by atoms with Gasteiger partial charge in [-0.1, -0.05) is 12.2 Å². The second-order valence-electron chi connectivity index (χ2n) is 5.54. The van der Waals surface area contributed by atoms with Crippen molar-refractivity contribution in [3.63, 3.8) is 0 Å². The summed E-state index contributed by atoms with van der Waals surface area (Å²) in [5.41, 5.74) is -0.589. The smallest absolute Gasteiger partial charge is 0.410 e. The predicted octanol–water partition coefficient (Wildman–Crippen LogP) is 2.16. The van der Waals surface area contributed by atoms with E-state index in [4.69, 9.17) is 4.74 Å². The van der Waals surface area contributed by atoms with Gasteiger partial charge in [-0.3, -0.25) is 4.90 Å². The molecule has 98 valence electrons. The average Bonchev–Trinajstić information content (AvgIpc) is 2.48. The zero-order chi connectivity index (χ0) is 13.3. The molecule has 1 rings (SSSR count). The lowest BCUT2D eigenvalue weighted by Gasteiger charge is -2.42. The fourth-order valence-electron chi connectivity index (χ4n) is 2.61. The number of carbonyl (C=O) groups excluding carboxylic acids is 1. The number of rotatable bonds is 3. The molecule has 0 fully saturated rings. The molecule has 1 amide bonds. The van der Waals surface area contributed by atoms with Crippen molar-refractivity contribution in [1.82, 2.24) is 10.2 Å². The highest BCUT2D eigenvalue weighted by molar-refractivity contribution is 5.71. The molecule has 1 aliphatic rings. The molecule has 1 aliphatic heterocycles. The molecular formula is C13H24N2O2. The number of nitrogens with zero attached hydrogens (tertiary/aromatic N) is 1. The van der Waals surface area contributed by atoms with E-state index in [2.05, 4.69) is 31.3 Å². The highest BCUT2D eigenvalue weighted by Crippen LogP contribution is 2.38. The summed E-state index contributed by atoms with van der Waals surface area (Å²) < 4.78 is 4.91. The van der Waals surface area contributed by atoms with Gasteiger partial charge in [-0.2, -0.15) is 0 Å². The maximum absolute atomic E-state index is 12.0. The van der Waals surface area contributed by atoms with Gasteiger partial charge in [-0.15, -0.1) is 0 Å². The van der Waals surface area contributed by atoms with Crippen LogP contribution in [0.1, 0.15) is 34.1 Å². The van der Waals surface area contributed by atoms with Crippen LogP contribution >= 0.6 is 0 Å². The minimum absolute atomic E-state index is 0.272. The van der Waals surface area contributed by atoms with E-state index < -0.39 is 0 Å². The summed E-state index contributed by atoms with van der Waals surface area (Å²) >= 11 is 0. The molecule has 0 bridgehead atoms. The standard InChI is InChI=1S/C13H24N2O2/c1-10(14-5)9-13(4)8-7-12(2,3)15(13)11(16)17-6/h7-8,10,14H,9H2,1-6H3. The Balaban J connectivity index is 2.98. The van der Waals surface area contributed by atoms with Crippen LogP contribution in [0.25, 0.3) is 0 Å². The van der Waals surface area contributed by atoms with Gasteiger partial charge in [0.15, 0.2) is 0 Å². The summed E-state index contributed by atoms with van der Waals surface area (Å²) in [5.74, 6) is 0. The lowest BCUT2D eigenvalue weighted by atomic mass is 9.93. The van der Waals surface area contributed by atoms with Crippen molar-refractivity contribution < 1.29 is 9.53 Å². The number of hydrogen-bond donors (Lipinski definition) is 1. The first kappa shape index (κ1) is 14.0. The zero-order valence-electron chi connectivity index (χ0n) is 11.7. The SMILES string of the molecule is CNC(C)CC1(C)C=CC(C)(C)N1C(=O)OC. The molecule has 2 unspecified atom stereocenters. The average molecular weight is 240 g/mol. The van der Waals surface area contributed by atoms with Gasteiger partial charge in [0.25, 0.3) is 0 Å². The number of carbonyl (C=O) groups is 1. The third-order valence-corrected chi connectivity index (χ3v) is 3.51. The topological polar surface area (TPSA) is 41.6 Å². The minimum atomic E-state index is -0.296. The van der Waals surface area contributed by atoms with Crippen LogP contribution in [0.5, 0.6) is 0 Å². The Kier molecular flexibility index (Phi) is 3.87. The fourth-order valence-corrected chi connectivity index (χ4v) is 2.61. The maximum Gasteiger partial charge on any atom is 0.410 e. The quantitative estimate of drug-likeness (QED) is 0.769. The van der Waals surface area contributed by atoms with Crippen molar-refractivity contribution in [2.75, 3.05) is 14.2 Å². The maximum atomic E-state index is 12.0. The molecule has 0 aliphatic carbocycles. The van der Waals surface area contributed by atoms with E-state index in [1.54, 1.807) is 0 Å². The van der Waals surface area contributed by atoms with E-state index in [9.17, 15) is 4.79 Å². The van der Waals surface area contributed by atoms with E-state index in [0.29, 0.717) is 6.04 Å². The summed E-state index contributed by atoms with van der Waals surface area (Å²) in [7, 11) is 3.36. The molecule has 0 aromatic rings. The number of ether oxygens (including phenoxy) is 1. The van der Waals surface area contributed by atoms with Crippen molar-refractivity contribution in [3.8, 4) is 0 Å². The summed E-state index contributed by atoms with van der Waals surface area (Å²) in [6.45, 7) is 8.23. The van der Waals surface area contributed by atoms with Crippen molar-refractivity contribution in [1.29, 1.82) is 0 Å². The first-order chi connectivity index (χ1) is 7.77. The van der Waals surface area contributed by atoms with E-state index in [0.717, 1.165) is 6.42 Å². The van der Waals surface area contributed by atoms with Crippen molar-refractivity contribution >= 4 is 6.09 Å². The lowest BCUT2D eigenvalue weighted by molar-refractivity contribution is 0.0520. The number of hydrogen-bond acceptors (Lipinski definition) is 3. The second kappa shape index (κ2) is 4.69. The van der Waals surface area contributed by atoms with Gasteiger partial charge in [-0.25, -0.2) is 4.79 Å². The highest BCUT2D eigenvalue weighted by atomic mass is 16.5. The van der Waals surface area contributed by atoms with Crippen LogP contribution < -0.4 is 5.32 Å². The Labute approximate surface area is 104 Å². The van der Waals surface area contributed by atoms with Gasteiger partial charge in [-0.05, 0) is 41.2 Å². The first-order valence-corrected chi connectivity index (χ1v) is 6.03. The number of methoxy groups -OCH3 is 1. The van der Waals surface area contributed by atoms with Crippen LogP contribution in [0.15, 0.2) is 12.2 Å². The molecule has 4 heteroatoms. The largest absolute Gasteiger partial charge is 0.453 e. The molecule has 0 spiro atoms. The molecule has 0 aromatic carbocycles. The predicted molar refractivity (Wildman–Crippen MR) is 69.0 cm³/mol. The fraction of sp³-hybridized carbons (Fsp3) is 0.769. The third-order valence-electron chi connectivity index (χ3n) is 3.51. The molecule has 1 heterocycles. The Hall–Kier alpha value is -1.03. The summed E-state index contributed by atoms with van der Waals surface area (Å²) in [6.07, 6.45) is 4.77.